The molecule has 0 aliphatic carbocycles. The molecule has 1 saturated heterocycles. The summed E-state index contributed by atoms with van der Waals surface area (Å²) in [6, 6.07) is 5.03. The molecular weight excluding hydrogens is 354 g/mol. The van der Waals surface area contributed by atoms with Crippen molar-refractivity contribution in [2.45, 2.75) is 45.1 Å². The highest BCUT2D eigenvalue weighted by atomic mass is 32.2. The number of sulfonamides is 1. The molecule has 144 valence electrons. The van der Waals surface area contributed by atoms with Gasteiger partial charge in [0.25, 0.3) is 0 Å². The monoisotopic (exact) mass is 381 g/mol. The third kappa shape index (κ3) is 4.82. The van der Waals surface area contributed by atoms with E-state index in [0.717, 1.165) is 11.1 Å². The second kappa shape index (κ2) is 8.18. The van der Waals surface area contributed by atoms with E-state index in [4.69, 9.17) is 0 Å². The summed E-state index contributed by atoms with van der Waals surface area (Å²) in [6.45, 7) is 8.29. The molecule has 0 radical (unpaired) electrons. The van der Waals surface area contributed by atoms with Crippen LogP contribution in [0.2, 0.25) is 0 Å². The lowest BCUT2D eigenvalue weighted by atomic mass is 10.1. The van der Waals surface area contributed by atoms with Crippen LogP contribution in [-0.4, -0.2) is 50.8 Å². The molecule has 2 rings (SSSR count). The van der Waals surface area contributed by atoms with Gasteiger partial charge in [-0.15, -0.1) is 0 Å². The topological polar surface area (TPSA) is 95.6 Å². The highest BCUT2D eigenvalue weighted by Gasteiger charge is 2.35. The Bertz CT molecular complexity index is 790. The number of aryl methyl sites for hydroxylation is 2. The largest absolute Gasteiger partial charge is 0.354 e. The first-order chi connectivity index (χ1) is 12.1. The molecule has 0 spiro atoms. The summed E-state index contributed by atoms with van der Waals surface area (Å²) >= 11 is 0. The second-order valence-electron chi connectivity index (χ2n) is 6.98. The van der Waals surface area contributed by atoms with Gasteiger partial charge in [-0.3, -0.25) is 9.59 Å². The third-order valence-electron chi connectivity index (χ3n) is 4.66. The Hall–Kier alpha value is -1.93. The minimum Gasteiger partial charge on any atom is -0.354 e. The fourth-order valence-electron chi connectivity index (χ4n) is 2.89. The van der Waals surface area contributed by atoms with Gasteiger partial charge in [0.15, 0.2) is 0 Å². The van der Waals surface area contributed by atoms with Crippen molar-refractivity contribution in [3.63, 3.8) is 0 Å². The molecular formula is C18H27N3O4S. The number of amides is 2. The number of carbonyl (C=O) groups excluding carboxylic acids is 2. The summed E-state index contributed by atoms with van der Waals surface area (Å²) in [4.78, 5) is 25.9. The summed E-state index contributed by atoms with van der Waals surface area (Å²) in [5.41, 5.74) is 1.93. The SMILES string of the molecule is Cc1ccc(S(=O)(=O)NCCNC(=O)C2CC(=O)N(C(C)C)C2)cc1C. The zero-order valence-electron chi connectivity index (χ0n) is 15.7. The van der Waals surface area contributed by atoms with Crippen LogP contribution in [0.5, 0.6) is 0 Å². The molecule has 7 nitrogen and oxygen atoms in total. The summed E-state index contributed by atoms with van der Waals surface area (Å²) in [5, 5.41) is 2.70. The van der Waals surface area contributed by atoms with Crippen LogP contribution in [0.25, 0.3) is 0 Å². The van der Waals surface area contributed by atoms with E-state index in [1.807, 2.05) is 27.7 Å². The number of rotatable bonds is 7. The summed E-state index contributed by atoms with van der Waals surface area (Å²) < 4.78 is 27.0. The average Bonchev–Trinajstić information content (AvgIpc) is 2.96. The van der Waals surface area contributed by atoms with Gasteiger partial charge >= 0.3 is 0 Å². The molecule has 1 aliphatic rings. The van der Waals surface area contributed by atoms with Crippen molar-refractivity contribution in [2.75, 3.05) is 19.6 Å². The van der Waals surface area contributed by atoms with E-state index in [2.05, 4.69) is 10.0 Å². The van der Waals surface area contributed by atoms with E-state index >= 15 is 0 Å². The van der Waals surface area contributed by atoms with Crippen molar-refractivity contribution < 1.29 is 18.0 Å². The molecule has 1 unspecified atom stereocenters. The molecule has 1 heterocycles. The molecule has 1 aliphatic heterocycles. The van der Waals surface area contributed by atoms with E-state index in [9.17, 15) is 18.0 Å². The lowest BCUT2D eigenvalue weighted by molar-refractivity contribution is -0.129. The van der Waals surface area contributed by atoms with Crippen LogP contribution < -0.4 is 10.0 Å². The minimum atomic E-state index is -3.61. The predicted molar refractivity (Wildman–Crippen MR) is 99.1 cm³/mol. The molecule has 1 aromatic rings. The van der Waals surface area contributed by atoms with Gasteiger partial charge < -0.3 is 10.2 Å². The van der Waals surface area contributed by atoms with Crippen LogP contribution in [0.15, 0.2) is 23.1 Å². The lowest BCUT2D eigenvalue weighted by Gasteiger charge is -2.20. The normalized spacial score (nSPS) is 17.8. The Balaban J connectivity index is 1.82. The highest BCUT2D eigenvalue weighted by Crippen LogP contribution is 2.20. The van der Waals surface area contributed by atoms with Crippen molar-refractivity contribution in [3.8, 4) is 0 Å². The van der Waals surface area contributed by atoms with Crippen molar-refractivity contribution >= 4 is 21.8 Å². The lowest BCUT2D eigenvalue weighted by Crippen LogP contribution is -2.39. The molecule has 2 amide bonds. The molecule has 26 heavy (non-hydrogen) atoms. The number of hydrogen-bond donors (Lipinski definition) is 2. The van der Waals surface area contributed by atoms with Crippen LogP contribution in [-0.2, 0) is 19.6 Å². The van der Waals surface area contributed by atoms with E-state index < -0.39 is 10.0 Å². The minimum absolute atomic E-state index is 0.0180. The Morgan fingerprint density at radius 2 is 1.92 bits per heavy atom. The number of likely N-dealkylation sites (tertiary alicyclic amines) is 1. The van der Waals surface area contributed by atoms with Gasteiger partial charge in [-0.1, -0.05) is 6.07 Å². The summed E-state index contributed by atoms with van der Waals surface area (Å²) in [5.74, 6) is -0.608. The molecule has 2 N–H and O–H groups in total. The fraction of sp³-hybridized carbons (Fsp3) is 0.556. The van der Waals surface area contributed by atoms with E-state index in [-0.39, 0.29) is 48.2 Å². The van der Waals surface area contributed by atoms with Gasteiger partial charge in [0.05, 0.1) is 10.8 Å². The Morgan fingerprint density at radius 1 is 1.23 bits per heavy atom. The molecule has 1 fully saturated rings. The van der Waals surface area contributed by atoms with Gasteiger partial charge in [0, 0.05) is 32.1 Å². The molecule has 0 saturated carbocycles. The summed E-state index contributed by atoms with van der Waals surface area (Å²) in [6.07, 6.45) is 0.207. The van der Waals surface area contributed by atoms with Crippen LogP contribution >= 0.6 is 0 Å². The van der Waals surface area contributed by atoms with Gasteiger partial charge in [0.2, 0.25) is 21.8 Å². The quantitative estimate of drug-likeness (QED) is 0.688. The van der Waals surface area contributed by atoms with Gasteiger partial charge in [-0.25, -0.2) is 13.1 Å². The molecule has 0 aromatic heterocycles. The maximum absolute atomic E-state index is 12.3. The number of nitrogens with one attached hydrogen (secondary N) is 2. The van der Waals surface area contributed by atoms with Crippen molar-refractivity contribution in [3.05, 3.63) is 29.3 Å². The van der Waals surface area contributed by atoms with Crippen molar-refractivity contribution in [1.29, 1.82) is 0 Å². The van der Waals surface area contributed by atoms with Crippen molar-refractivity contribution in [1.82, 2.24) is 14.9 Å². The van der Waals surface area contributed by atoms with E-state index in [1.165, 1.54) is 0 Å². The first-order valence-corrected chi connectivity index (χ1v) is 10.2. The third-order valence-corrected chi connectivity index (χ3v) is 6.12. The van der Waals surface area contributed by atoms with Gasteiger partial charge in [0.1, 0.15) is 0 Å². The Labute approximate surface area is 155 Å². The highest BCUT2D eigenvalue weighted by molar-refractivity contribution is 7.89. The Morgan fingerprint density at radius 3 is 2.50 bits per heavy atom. The molecule has 1 aromatic carbocycles. The first kappa shape index (κ1) is 20.4. The maximum Gasteiger partial charge on any atom is 0.240 e. The smallest absolute Gasteiger partial charge is 0.240 e. The number of hydrogen-bond acceptors (Lipinski definition) is 4. The zero-order chi connectivity index (χ0) is 19.5. The maximum atomic E-state index is 12.3. The molecule has 8 heteroatoms. The van der Waals surface area contributed by atoms with Crippen LogP contribution in [0, 0.1) is 19.8 Å². The van der Waals surface area contributed by atoms with Gasteiger partial charge in [-0.05, 0) is 51.0 Å². The predicted octanol–water partition coefficient (Wildman–Crippen LogP) is 0.955. The average molecular weight is 381 g/mol. The number of benzene rings is 1. The van der Waals surface area contributed by atoms with Crippen LogP contribution in [0.3, 0.4) is 0 Å². The standard InChI is InChI=1S/C18H27N3O4S/c1-12(2)21-11-15(10-17(21)22)18(23)19-7-8-20-26(24,25)16-6-5-13(3)14(4)9-16/h5-6,9,12,15,20H,7-8,10-11H2,1-4H3,(H,19,23). The van der Waals surface area contributed by atoms with Crippen LogP contribution in [0.1, 0.15) is 31.4 Å². The molecule has 1 atom stereocenters. The van der Waals surface area contributed by atoms with Crippen LogP contribution in [0.4, 0.5) is 0 Å². The number of nitrogens with zero attached hydrogens (tertiary/aromatic N) is 1. The summed E-state index contributed by atoms with van der Waals surface area (Å²) in [7, 11) is -3.61. The number of carbonyl (C=O) groups is 2. The Kier molecular flexibility index (Phi) is 6.41. The first-order valence-electron chi connectivity index (χ1n) is 8.76. The van der Waals surface area contributed by atoms with Gasteiger partial charge in [-0.2, -0.15) is 0 Å². The molecule has 0 bridgehead atoms. The zero-order valence-corrected chi connectivity index (χ0v) is 16.5. The fourth-order valence-corrected chi connectivity index (χ4v) is 4.00. The van der Waals surface area contributed by atoms with E-state index in [1.54, 1.807) is 23.1 Å². The second-order valence-corrected chi connectivity index (χ2v) is 8.74. The van der Waals surface area contributed by atoms with E-state index in [0.29, 0.717) is 6.54 Å². The van der Waals surface area contributed by atoms with Crippen molar-refractivity contribution in [2.24, 2.45) is 5.92 Å².